The maximum atomic E-state index is 12.0. The molecular formula is C13H15F3O3. The summed E-state index contributed by atoms with van der Waals surface area (Å²) in [5, 5.41) is 9.74. The summed E-state index contributed by atoms with van der Waals surface area (Å²) >= 11 is 0. The lowest BCUT2D eigenvalue weighted by molar-refractivity contribution is -0.274. The highest BCUT2D eigenvalue weighted by molar-refractivity contribution is 5.31. The number of ether oxygens (including phenoxy) is 2. The molecule has 0 spiro atoms. The van der Waals surface area contributed by atoms with Crippen LogP contribution in [0.1, 0.15) is 25.7 Å². The number of benzene rings is 1. The molecule has 106 valence electrons. The first-order chi connectivity index (χ1) is 8.94. The highest BCUT2D eigenvalue weighted by atomic mass is 19.4. The van der Waals surface area contributed by atoms with Gasteiger partial charge in [0.05, 0.1) is 6.10 Å². The summed E-state index contributed by atoms with van der Waals surface area (Å²) in [6.07, 6.45) is -2.09. The van der Waals surface area contributed by atoms with E-state index < -0.39 is 12.5 Å². The first-order valence-corrected chi connectivity index (χ1v) is 6.14. The van der Waals surface area contributed by atoms with Gasteiger partial charge in [-0.25, -0.2) is 0 Å². The summed E-state index contributed by atoms with van der Waals surface area (Å²) in [7, 11) is 0. The molecule has 1 saturated carbocycles. The highest BCUT2D eigenvalue weighted by Gasteiger charge is 2.31. The van der Waals surface area contributed by atoms with E-state index in [1.165, 1.54) is 24.3 Å². The van der Waals surface area contributed by atoms with Crippen molar-refractivity contribution in [2.45, 2.75) is 44.3 Å². The number of hydrogen-bond donors (Lipinski definition) is 1. The minimum atomic E-state index is -4.69. The Kier molecular flexibility index (Phi) is 4.19. The summed E-state index contributed by atoms with van der Waals surface area (Å²) in [6, 6.07) is 5.20. The summed E-state index contributed by atoms with van der Waals surface area (Å²) in [4.78, 5) is 0. The van der Waals surface area contributed by atoms with E-state index in [1.807, 2.05) is 0 Å². The normalized spacial score (nSPS) is 24.0. The van der Waals surface area contributed by atoms with Crippen molar-refractivity contribution in [1.29, 1.82) is 0 Å². The molecule has 1 aromatic carbocycles. The van der Waals surface area contributed by atoms with Gasteiger partial charge in [0.25, 0.3) is 0 Å². The molecule has 19 heavy (non-hydrogen) atoms. The van der Waals surface area contributed by atoms with Crippen LogP contribution in [0.25, 0.3) is 0 Å². The zero-order valence-corrected chi connectivity index (χ0v) is 10.2. The van der Waals surface area contributed by atoms with Crippen molar-refractivity contribution >= 4 is 0 Å². The molecule has 6 heteroatoms. The van der Waals surface area contributed by atoms with E-state index >= 15 is 0 Å². The smallest absolute Gasteiger partial charge is 0.488 e. The molecule has 0 aliphatic heterocycles. The largest absolute Gasteiger partial charge is 0.573 e. The summed E-state index contributed by atoms with van der Waals surface area (Å²) in [5.74, 6) is 0.143. The highest BCUT2D eigenvalue weighted by Crippen LogP contribution is 2.27. The van der Waals surface area contributed by atoms with Gasteiger partial charge in [-0.15, -0.1) is 13.2 Å². The van der Waals surface area contributed by atoms with Gasteiger partial charge in [-0.2, -0.15) is 0 Å². The predicted octanol–water partition coefficient (Wildman–Crippen LogP) is 3.27. The second kappa shape index (κ2) is 5.69. The standard InChI is InChI=1S/C13H15F3O3/c14-13(15,16)19-10-7-5-9(6-8-10)18-12-4-2-1-3-11(12)17/h5-8,11-12,17H,1-4H2/t11-,12-/m0/s1. The van der Waals surface area contributed by atoms with E-state index in [0.29, 0.717) is 12.2 Å². The molecule has 1 aromatic rings. The van der Waals surface area contributed by atoms with Crippen LogP contribution in [-0.2, 0) is 0 Å². The van der Waals surface area contributed by atoms with Crippen LogP contribution < -0.4 is 9.47 Å². The Morgan fingerprint density at radius 2 is 1.58 bits per heavy atom. The molecule has 1 fully saturated rings. The molecule has 2 atom stereocenters. The zero-order valence-electron chi connectivity index (χ0n) is 10.2. The van der Waals surface area contributed by atoms with Gasteiger partial charge >= 0.3 is 6.36 Å². The second-order valence-corrected chi connectivity index (χ2v) is 4.53. The molecule has 3 nitrogen and oxygen atoms in total. The van der Waals surface area contributed by atoms with Crippen LogP contribution in [-0.4, -0.2) is 23.7 Å². The third-order valence-corrected chi connectivity index (χ3v) is 3.01. The van der Waals surface area contributed by atoms with Crippen molar-refractivity contribution in [3.8, 4) is 11.5 Å². The van der Waals surface area contributed by atoms with Gasteiger partial charge < -0.3 is 14.6 Å². The van der Waals surface area contributed by atoms with Crippen LogP contribution in [0.4, 0.5) is 13.2 Å². The molecule has 0 amide bonds. The fourth-order valence-corrected chi connectivity index (χ4v) is 2.11. The zero-order chi connectivity index (χ0) is 13.9. The fraction of sp³-hybridized carbons (Fsp3) is 0.538. The minimum absolute atomic E-state index is 0.288. The van der Waals surface area contributed by atoms with Crippen LogP contribution in [0.3, 0.4) is 0 Å². The maximum absolute atomic E-state index is 12.0. The van der Waals surface area contributed by atoms with Crippen molar-refractivity contribution in [3.05, 3.63) is 24.3 Å². The van der Waals surface area contributed by atoms with Crippen LogP contribution in [0, 0.1) is 0 Å². The average Bonchev–Trinajstić information content (AvgIpc) is 2.33. The van der Waals surface area contributed by atoms with Gasteiger partial charge in [0.1, 0.15) is 17.6 Å². The number of aliphatic hydroxyl groups excluding tert-OH is 1. The third kappa shape index (κ3) is 4.31. The molecule has 0 unspecified atom stereocenters. The number of alkyl halides is 3. The molecule has 1 aliphatic rings. The number of aliphatic hydroxyl groups is 1. The third-order valence-electron chi connectivity index (χ3n) is 3.01. The quantitative estimate of drug-likeness (QED) is 0.920. The molecule has 0 saturated heterocycles. The van der Waals surface area contributed by atoms with Gasteiger partial charge in [0, 0.05) is 0 Å². The molecule has 1 N–H and O–H groups in total. The van der Waals surface area contributed by atoms with Crippen molar-refractivity contribution in [2.24, 2.45) is 0 Å². The molecule has 0 radical (unpaired) electrons. The first kappa shape index (κ1) is 14.0. The van der Waals surface area contributed by atoms with Crippen molar-refractivity contribution in [2.75, 3.05) is 0 Å². The number of halogens is 3. The topological polar surface area (TPSA) is 38.7 Å². The Morgan fingerprint density at radius 1 is 1.00 bits per heavy atom. The minimum Gasteiger partial charge on any atom is -0.488 e. The lowest BCUT2D eigenvalue weighted by Gasteiger charge is -2.28. The SMILES string of the molecule is O[C@H]1CCCC[C@@H]1Oc1ccc(OC(F)(F)F)cc1. The molecule has 0 heterocycles. The van der Waals surface area contributed by atoms with E-state index in [4.69, 9.17) is 4.74 Å². The summed E-state index contributed by atoms with van der Waals surface area (Å²) in [6.45, 7) is 0. The molecular weight excluding hydrogens is 261 g/mol. The second-order valence-electron chi connectivity index (χ2n) is 4.53. The van der Waals surface area contributed by atoms with Crippen molar-refractivity contribution < 1.29 is 27.8 Å². The van der Waals surface area contributed by atoms with E-state index in [9.17, 15) is 18.3 Å². The average molecular weight is 276 g/mol. The monoisotopic (exact) mass is 276 g/mol. The van der Waals surface area contributed by atoms with E-state index in [2.05, 4.69) is 4.74 Å². The van der Waals surface area contributed by atoms with E-state index in [0.717, 1.165) is 19.3 Å². The van der Waals surface area contributed by atoms with Gasteiger partial charge in [0.2, 0.25) is 0 Å². The summed E-state index contributed by atoms with van der Waals surface area (Å²) < 4.78 is 45.3. The molecule has 1 aliphatic carbocycles. The van der Waals surface area contributed by atoms with Gasteiger partial charge in [-0.1, -0.05) is 6.42 Å². The fourth-order valence-electron chi connectivity index (χ4n) is 2.11. The Hall–Kier alpha value is -1.43. The van der Waals surface area contributed by atoms with Crippen LogP contribution in [0.5, 0.6) is 11.5 Å². The Morgan fingerprint density at radius 3 is 2.16 bits per heavy atom. The number of hydrogen-bond acceptors (Lipinski definition) is 3. The lowest BCUT2D eigenvalue weighted by atomic mass is 9.95. The van der Waals surface area contributed by atoms with Crippen LogP contribution in [0.15, 0.2) is 24.3 Å². The molecule has 0 aromatic heterocycles. The van der Waals surface area contributed by atoms with Gasteiger partial charge in [-0.05, 0) is 43.5 Å². The van der Waals surface area contributed by atoms with Gasteiger partial charge in [-0.3, -0.25) is 0 Å². The van der Waals surface area contributed by atoms with Crippen LogP contribution in [0.2, 0.25) is 0 Å². The Balaban J connectivity index is 1.94. The Labute approximate surface area is 108 Å². The predicted molar refractivity (Wildman–Crippen MR) is 62.0 cm³/mol. The number of rotatable bonds is 3. The lowest BCUT2D eigenvalue weighted by Crippen LogP contribution is -2.34. The van der Waals surface area contributed by atoms with Crippen LogP contribution >= 0.6 is 0 Å². The Bertz CT molecular complexity index is 403. The molecule has 0 bridgehead atoms. The van der Waals surface area contributed by atoms with E-state index in [1.54, 1.807) is 0 Å². The summed E-state index contributed by atoms with van der Waals surface area (Å²) in [5.41, 5.74) is 0. The van der Waals surface area contributed by atoms with E-state index in [-0.39, 0.29) is 11.9 Å². The van der Waals surface area contributed by atoms with Gasteiger partial charge in [0.15, 0.2) is 0 Å². The van der Waals surface area contributed by atoms with Crippen molar-refractivity contribution in [1.82, 2.24) is 0 Å². The first-order valence-electron chi connectivity index (χ1n) is 6.14. The maximum Gasteiger partial charge on any atom is 0.573 e. The van der Waals surface area contributed by atoms with Crippen molar-refractivity contribution in [3.63, 3.8) is 0 Å². The molecule has 2 rings (SSSR count).